The topological polar surface area (TPSA) is 110 Å². The van der Waals surface area contributed by atoms with Crippen molar-refractivity contribution in [2.24, 2.45) is 23.7 Å². The van der Waals surface area contributed by atoms with E-state index in [1.165, 1.54) is 11.3 Å². The molecule has 9 heteroatoms. The number of carbonyl (C=O) groups excluding carboxylic acids is 2. The number of hydrogen-bond donors (Lipinski definition) is 3. The van der Waals surface area contributed by atoms with Gasteiger partial charge in [-0.1, -0.05) is 6.92 Å². The van der Waals surface area contributed by atoms with Crippen LogP contribution in [0.3, 0.4) is 0 Å². The van der Waals surface area contributed by atoms with Crippen molar-refractivity contribution in [3.8, 4) is 0 Å². The molecule has 0 spiro atoms. The molecule has 34 heavy (non-hydrogen) atoms. The lowest BCUT2D eigenvalue weighted by molar-refractivity contribution is -0.163. The summed E-state index contributed by atoms with van der Waals surface area (Å²) in [6.07, 6.45) is 6.49. The number of hydrogen-bond acceptors (Lipinski definition) is 6. The zero-order chi connectivity index (χ0) is 24.1. The van der Waals surface area contributed by atoms with Crippen LogP contribution in [0.4, 0.5) is 0 Å². The molecule has 0 radical (unpaired) electrons. The van der Waals surface area contributed by atoms with Crippen LogP contribution in [-0.4, -0.2) is 80.9 Å². The Labute approximate surface area is 205 Å². The Morgan fingerprint density at radius 3 is 2.65 bits per heavy atom. The normalized spacial score (nSPS) is 37.7. The second kappa shape index (κ2) is 9.47. The number of amides is 2. The summed E-state index contributed by atoms with van der Waals surface area (Å²) < 4.78 is 0. The van der Waals surface area contributed by atoms with E-state index in [0.717, 1.165) is 56.6 Å². The summed E-state index contributed by atoms with van der Waals surface area (Å²) in [5.74, 6) is -0.246. The molecule has 5 rings (SSSR count). The summed E-state index contributed by atoms with van der Waals surface area (Å²) in [6.45, 7) is 6.30. The summed E-state index contributed by atoms with van der Waals surface area (Å²) in [5.41, 5.74) is 0.125. The number of likely N-dealkylation sites (tertiary alicyclic amines) is 1. The Bertz CT molecular complexity index is 886. The number of thioether (sulfide) groups is 1. The number of aliphatic hydroxyl groups excluding tert-OH is 1. The average Bonchev–Trinajstić information content (AvgIpc) is 3.13. The first-order valence-corrected chi connectivity index (χ1v) is 13.8. The molecular formula is C25H37N3O5S. The molecule has 2 unspecified atom stereocenters. The summed E-state index contributed by atoms with van der Waals surface area (Å²) in [4.78, 5) is 41.0. The second-order valence-corrected chi connectivity index (χ2v) is 12.2. The minimum absolute atomic E-state index is 0.0748. The third-order valence-corrected chi connectivity index (χ3v) is 10.2. The standard InChI is InChI=1S/C25H37N3O5S/c1-13-21-20(14(2)29)24(31)28(21)22(25(32)33)23(13)34-16-11-18(26-12-16)17-10-15(17)6-5-7-19(30)27-8-3-4-9-27/h13-18,20-21,26,29H,3-12H2,1-2H3,(H,32,33)/t13-,14-,15?,16+,17?,18+,20-,21-/m1/s1. The number of carbonyl (C=O) groups is 3. The summed E-state index contributed by atoms with van der Waals surface area (Å²) in [6, 6.07) is 0.202. The highest BCUT2D eigenvalue weighted by Crippen LogP contribution is 2.53. The SMILES string of the molecule is C[C@@H](O)[C@H]1C(=O)N2C(C(=O)O)=C(S[C@@H]3CN[C@H](C4CC4CCCC(=O)N4CCCC4)C3)[C@H](C)[C@H]12. The van der Waals surface area contributed by atoms with Crippen LogP contribution >= 0.6 is 11.8 Å². The first kappa shape index (κ1) is 24.1. The molecule has 188 valence electrons. The van der Waals surface area contributed by atoms with Gasteiger partial charge in [-0.05, 0) is 57.3 Å². The molecule has 0 bridgehead atoms. The Balaban J connectivity index is 1.12. The zero-order valence-electron chi connectivity index (χ0n) is 20.1. The van der Waals surface area contributed by atoms with Gasteiger partial charge in [0.25, 0.3) is 0 Å². The molecule has 1 saturated carbocycles. The van der Waals surface area contributed by atoms with Crippen LogP contribution in [0.1, 0.15) is 58.8 Å². The first-order chi connectivity index (χ1) is 16.3. The molecule has 0 aromatic carbocycles. The Kier molecular flexibility index (Phi) is 6.72. The first-order valence-electron chi connectivity index (χ1n) is 12.9. The summed E-state index contributed by atoms with van der Waals surface area (Å²) >= 11 is 1.62. The smallest absolute Gasteiger partial charge is 0.353 e. The lowest BCUT2D eigenvalue weighted by Gasteiger charge is -2.46. The third-order valence-electron chi connectivity index (χ3n) is 8.65. The monoisotopic (exact) mass is 491 g/mol. The molecule has 0 aromatic rings. The third kappa shape index (κ3) is 4.28. The summed E-state index contributed by atoms with van der Waals surface area (Å²) in [5, 5.41) is 23.8. The van der Waals surface area contributed by atoms with Gasteiger partial charge in [-0.15, -0.1) is 11.8 Å². The molecule has 2 amide bonds. The van der Waals surface area contributed by atoms with Crippen molar-refractivity contribution < 1.29 is 24.6 Å². The number of carboxylic acids is 1. The fourth-order valence-electron chi connectivity index (χ4n) is 6.74. The van der Waals surface area contributed by atoms with E-state index in [2.05, 4.69) is 5.32 Å². The van der Waals surface area contributed by atoms with E-state index in [-0.39, 0.29) is 28.8 Å². The number of β-lactam (4-membered cyclic amide) rings is 1. The van der Waals surface area contributed by atoms with Crippen LogP contribution in [0, 0.1) is 23.7 Å². The van der Waals surface area contributed by atoms with E-state index in [4.69, 9.17) is 0 Å². The highest BCUT2D eigenvalue weighted by atomic mass is 32.2. The van der Waals surface area contributed by atoms with Crippen LogP contribution in [-0.2, 0) is 14.4 Å². The lowest BCUT2D eigenvalue weighted by atomic mass is 9.79. The van der Waals surface area contributed by atoms with Gasteiger partial charge in [-0.3, -0.25) is 9.59 Å². The van der Waals surface area contributed by atoms with Gasteiger partial charge in [-0.2, -0.15) is 0 Å². The number of rotatable bonds is 9. The molecule has 5 aliphatic rings. The molecule has 8 nitrogen and oxygen atoms in total. The maximum atomic E-state index is 12.5. The van der Waals surface area contributed by atoms with Gasteiger partial charge in [-0.25, -0.2) is 4.79 Å². The van der Waals surface area contributed by atoms with Crippen LogP contribution in [0.5, 0.6) is 0 Å². The minimum Gasteiger partial charge on any atom is -0.477 e. The lowest BCUT2D eigenvalue weighted by Crippen LogP contribution is -2.63. The van der Waals surface area contributed by atoms with E-state index >= 15 is 0 Å². The number of nitrogens with zero attached hydrogens (tertiary/aromatic N) is 2. The maximum Gasteiger partial charge on any atom is 0.353 e. The Morgan fingerprint density at radius 1 is 1.24 bits per heavy atom. The molecule has 4 fully saturated rings. The van der Waals surface area contributed by atoms with Crippen LogP contribution in [0.25, 0.3) is 0 Å². The van der Waals surface area contributed by atoms with Gasteiger partial charge in [0.05, 0.1) is 18.1 Å². The average molecular weight is 492 g/mol. The van der Waals surface area contributed by atoms with Crippen LogP contribution in [0.15, 0.2) is 10.6 Å². The van der Waals surface area contributed by atoms with E-state index in [9.17, 15) is 24.6 Å². The fraction of sp³-hybridized carbons (Fsp3) is 0.800. The Hall–Kier alpha value is -1.58. The number of carboxylic acid groups (broad SMARTS) is 1. The van der Waals surface area contributed by atoms with Gasteiger partial charge < -0.3 is 25.3 Å². The quantitative estimate of drug-likeness (QED) is 0.423. The predicted octanol–water partition coefficient (Wildman–Crippen LogP) is 2.03. The fourth-order valence-corrected chi connectivity index (χ4v) is 8.24. The molecule has 3 saturated heterocycles. The number of fused-ring (bicyclic) bond motifs is 1. The Morgan fingerprint density at radius 2 is 1.97 bits per heavy atom. The second-order valence-electron chi connectivity index (χ2n) is 10.9. The van der Waals surface area contributed by atoms with Crippen molar-refractivity contribution in [3.63, 3.8) is 0 Å². The highest BCUT2D eigenvalue weighted by Gasteiger charge is 2.60. The van der Waals surface area contributed by atoms with Gasteiger partial charge in [0.1, 0.15) is 5.70 Å². The van der Waals surface area contributed by atoms with Crippen molar-refractivity contribution in [2.75, 3.05) is 19.6 Å². The van der Waals surface area contributed by atoms with Crippen molar-refractivity contribution in [1.82, 2.24) is 15.1 Å². The molecule has 0 aromatic heterocycles. The maximum absolute atomic E-state index is 12.5. The van der Waals surface area contributed by atoms with E-state index in [1.54, 1.807) is 18.7 Å². The van der Waals surface area contributed by atoms with E-state index in [0.29, 0.717) is 30.2 Å². The van der Waals surface area contributed by atoms with Crippen molar-refractivity contribution in [3.05, 3.63) is 10.6 Å². The van der Waals surface area contributed by atoms with Crippen molar-refractivity contribution >= 4 is 29.5 Å². The van der Waals surface area contributed by atoms with Crippen molar-refractivity contribution in [2.45, 2.75) is 82.2 Å². The predicted molar refractivity (Wildman–Crippen MR) is 129 cm³/mol. The molecule has 4 heterocycles. The highest BCUT2D eigenvalue weighted by molar-refractivity contribution is 8.03. The molecule has 3 N–H and O–H groups in total. The molecule has 1 aliphatic carbocycles. The number of aliphatic carboxylic acids is 1. The number of nitrogens with one attached hydrogen (secondary N) is 1. The largest absolute Gasteiger partial charge is 0.477 e. The van der Waals surface area contributed by atoms with Crippen LogP contribution < -0.4 is 5.32 Å². The van der Waals surface area contributed by atoms with Crippen LogP contribution in [0.2, 0.25) is 0 Å². The summed E-state index contributed by atoms with van der Waals surface area (Å²) in [7, 11) is 0. The zero-order valence-corrected chi connectivity index (χ0v) is 20.9. The van der Waals surface area contributed by atoms with E-state index in [1.807, 2.05) is 11.8 Å². The van der Waals surface area contributed by atoms with Crippen molar-refractivity contribution in [1.29, 1.82) is 0 Å². The molecule has 4 aliphatic heterocycles. The minimum atomic E-state index is -1.05. The molecule has 8 atom stereocenters. The van der Waals surface area contributed by atoms with E-state index < -0.39 is 18.0 Å². The van der Waals surface area contributed by atoms with Gasteiger partial charge >= 0.3 is 5.97 Å². The number of aliphatic hydroxyl groups is 1. The molecular weight excluding hydrogens is 454 g/mol. The van der Waals surface area contributed by atoms with Gasteiger partial charge in [0, 0.05) is 48.2 Å². The van der Waals surface area contributed by atoms with Gasteiger partial charge in [0.2, 0.25) is 11.8 Å². The van der Waals surface area contributed by atoms with Gasteiger partial charge in [0.15, 0.2) is 0 Å².